The molecular weight excluding hydrogens is 322 g/mol. The van der Waals surface area contributed by atoms with Gasteiger partial charge in [-0.05, 0) is 68.1 Å². The lowest BCUT2D eigenvalue weighted by molar-refractivity contribution is 0.0687. The van der Waals surface area contributed by atoms with Crippen molar-refractivity contribution in [3.63, 3.8) is 0 Å². The van der Waals surface area contributed by atoms with Crippen molar-refractivity contribution in [3.05, 3.63) is 64.7 Å². The molecule has 2 aromatic rings. The summed E-state index contributed by atoms with van der Waals surface area (Å²) in [6, 6.07) is 15.4. The number of hydrogen-bond acceptors (Lipinski definition) is 3. The van der Waals surface area contributed by atoms with Crippen molar-refractivity contribution in [1.82, 2.24) is 4.90 Å². The van der Waals surface area contributed by atoms with Gasteiger partial charge in [-0.2, -0.15) is 0 Å². The van der Waals surface area contributed by atoms with Crippen LogP contribution in [0.15, 0.2) is 42.5 Å². The number of aryl methyl sites for hydroxylation is 1. The zero-order valence-corrected chi connectivity index (χ0v) is 16.1. The van der Waals surface area contributed by atoms with Crippen LogP contribution in [-0.2, 0) is 16.7 Å². The summed E-state index contributed by atoms with van der Waals surface area (Å²) in [7, 11) is 3.57. The lowest BCUT2D eigenvalue weighted by atomic mass is 9.73. The Labute approximate surface area is 156 Å². The maximum Gasteiger partial charge on any atom is 0.118 e. The zero-order valence-electron chi connectivity index (χ0n) is 16.1. The van der Waals surface area contributed by atoms with Gasteiger partial charge in [-0.25, -0.2) is 0 Å². The minimum atomic E-state index is 0.262. The maximum atomic E-state index is 5.84. The summed E-state index contributed by atoms with van der Waals surface area (Å²) in [5, 5.41) is 0. The Kier molecular flexibility index (Phi) is 4.76. The number of benzene rings is 2. The number of methoxy groups -OCH3 is 2. The van der Waals surface area contributed by atoms with Gasteiger partial charge in [-0.15, -0.1) is 0 Å². The van der Waals surface area contributed by atoms with Crippen LogP contribution < -0.4 is 4.74 Å². The molecule has 4 rings (SSSR count). The van der Waals surface area contributed by atoms with E-state index in [0.29, 0.717) is 5.41 Å². The first kappa shape index (κ1) is 17.6. The van der Waals surface area contributed by atoms with Crippen molar-refractivity contribution in [2.45, 2.75) is 44.2 Å². The highest BCUT2D eigenvalue weighted by atomic mass is 16.5. The van der Waals surface area contributed by atoms with Gasteiger partial charge in [0, 0.05) is 19.1 Å². The van der Waals surface area contributed by atoms with Crippen LogP contribution in [0.3, 0.4) is 0 Å². The van der Waals surface area contributed by atoms with Crippen molar-refractivity contribution < 1.29 is 9.47 Å². The average Bonchev–Trinajstić information content (AvgIpc) is 2.97. The summed E-state index contributed by atoms with van der Waals surface area (Å²) in [5.74, 6) is 0.926. The molecule has 0 amide bonds. The first-order valence-corrected chi connectivity index (χ1v) is 9.63. The molecule has 0 N–H and O–H groups in total. The molecule has 3 nitrogen and oxygen atoms in total. The molecule has 1 fully saturated rings. The van der Waals surface area contributed by atoms with Gasteiger partial charge in [0.15, 0.2) is 0 Å². The molecule has 3 heteroatoms. The quantitative estimate of drug-likeness (QED) is 0.802. The number of nitrogens with zero attached hydrogens (tertiary/aromatic N) is 1. The third-order valence-electron chi connectivity index (χ3n) is 6.36. The summed E-state index contributed by atoms with van der Waals surface area (Å²) in [4.78, 5) is 2.58. The van der Waals surface area contributed by atoms with Gasteiger partial charge in [0.05, 0.1) is 13.2 Å². The van der Waals surface area contributed by atoms with Crippen LogP contribution in [-0.4, -0.2) is 32.2 Å². The third kappa shape index (κ3) is 3.15. The molecule has 138 valence electrons. The summed E-state index contributed by atoms with van der Waals surface area (Å²) < 4.78 is 11.1. The summed E-state index contributed by atoms with van der Waals surface area (Å²) in [6.07, 6.45) is 3.84. The van der Waals surface area contributed by atoms with Crippen molar-refractivity contribution >= 4 is 0 Å². The Bertz CT molecular complexity index is 760. The number of likely N-dealkylation sites (tertiary alicyclic amines) is 1. The molecule has 0 radical (unpaired) electrons. The van der Waals surface area contributed by atoms with Crippen molar-refractivity contribution in [2.75, 3.05) is 27.3 Å². The van der Waals surface area contributed by atoms with E-state index < -0.39 is 0 Å². The van der Waals surface area contributed by atoms with Crippen molar-refractivity contribution in [3.8, 4) is 5.75 Å². The van der Waals surface area contributed by atoms with E-state index in [1.807, 2.05) is 7.11 Å². The average molecular weight is 351 g/mol. The first-order chi connectivity index (χ1) is 12.6. The molecule has 1 aliphatic heterocycles. The van der Waals surface area contributed by atoms with Gasteiger partial charge in [0.25, 0.3) is 0 Å². The second-order valence-corrected chi connectivity index (χ2v) is 7.92. The molecule has 1 heterocycles. The van der Waals surface area contributed by atoms with E-state index >= 15 is 0 Å². The van der Waals surface area contributed by atoms with Crippen molar-refractivity contribution in [1.29, 1.82) is 0 Å². The molecule has 0 saturated carbocycles. The second kappa shape index (κ2) is 7.05. The normalized spacial score (nSPS) is 21.7. The predicted molar refractivity (Wildman–Crippen MR) is 105 cm³/mol. The minimum absolute atomic E-state index is 0.262. The van der Waals surface area contributed by atoms with Crippen LogP contribution in [0.5, 0.6) is 5.75 Å². The van der Waals surface area contributed by atoms with Crippen LogP contribution in [0.2, 0.25) is 0 Å². The van der Waals surface area contributed by atoms with Crippen LogP contribution >= 0.6 is 0 Å². The number of rotatable bonds is 4. The van der Waals surface area contributed by atoms with E-state index in [0.717, 1.165) is 31.8 Å². The molecule has 2 aliphatic rings. The number of piperidine rings is 1. The van der Waals surface area contributed by atoms with Crippen LogP contribution in [0.1, 0.15) is 47.6 Å². The maximum absolute atomic E-state index is 5.84. The molecule has 26 heavy (non-hydrogen) atoms. The van der Waals surface area contributed by atoms with Gasteiger partial charge in [0.2, 0.25) is 0 Å². The Balaban J connectivity index is 1.46. The fourth-order valence-corrected chi connectivity index (χ4v) is 4.82. The van der Waals surface area contributed by atoms with Gasteiger partial charge in [0.1, 0.15) is 5.75 Å². The highest BCUT2D eigenvalue weighted by molar-refractivity contribution is 5.44. The van der Waals surface area contributed by atoms with Crippen LogP contribution in [0.4, 0.5) is 0 Å². The molecule has 1 atom stereocenters. The predicted octanol–water partition coefficient (Wildman–Crippen LogP) is 4.63. The molecule has 2 aromatic carbocycles. The Morgan fingerprint density at radius 3 is 2.42 bits per heavy atom. The number of hydrogen-bond donors (Lipinski definition) is 0. The van der Waals surface area contributed by atoms with E-state index in [1.165, 1.54) is 29.5 Å². The van der Waals surface area contributed by atoms with Crippen LogP contribution in [0.25, 0.3) is 0 Å². The molecule has 0 aromatic heterocycles. The molecule has 0 unspecified atom stereocenters. The lowest BCUT2D eigenvalue weighted by Crippen LogP contribution is -2.41. The van der Waals surface area contributed by atoms with Crippen LogP contribution in [0, 0.1) is 6.92 Å². The summed E-state index contributed by atoms with van der Waals surface area (Å²) >= 11 is 0. The zero-order chi connectivity index (χ0) is 18.1. The van der Waals surface area contributed by atoms with E-state index in [9.17, 15) is 0 Å². The monoisotopic (exact) mass is 351 g/mol. The Morgan fingerprint density at radius 1 is 1.04 bits per heavy atom. The van der Waals surface area contributed by atoms with E-state index in [4.69, 9.17) is 9.47 Å². The standard InChI is InChI=1S/C23H29NO2/c1-17-4-9-21-20(14-17)22(26-3)15-23(21)10-12-24(13-11-23)16-18-5-7-19(25-2)8-6-18/h4-9,14,22H,10-13,15-16H2,1-3H3/t22-/m1/s1. The Hall–Kier alpha value is -1.84. The highest BCUT2D eigenvalue weighted by Gasteiger charge is 2.45. The van der Waals surface area contributed by atoms with Crippen molar-refractivity contribution in [2.24, 2.45) is 0 Å². The molecule has 0 bridgehead atoms. The summed E-state index contributed by atoms with van der Waals surface area (Å²) in [6.45, 7) is 5.50. The van der Waals surface area contributed by atoms with Gasteiger partial charge >= 0.3 is 0 Å². The lowest BCUT2D eigenvalue weighted by Gasteiger charge is -2.40. The minimum Gasteiger partial charge on any atom is -0.497 e. The van der Waals surface area contributed by atoms with E-state index in [1.54, 1.807) is 12.7 Å². The summed E-state index contributed by atoms with van der Waals surface area (Å²) in [5.41, 5.74) is 5.97. The highest BCUT2D eigenvalue weighted by Crippen LogP contribution is 2.52. The fourth-order valence-electron chi connectivity index (χ4n) is 4.82. The van der Waals surface area contributed by atoms with Gasteiger partial charge in [-0.1, -0.05) is 35.9 Å². The fraction of sp³-hybridized carbons (Fsp3) is 0.478. The number of ether oxygens (including phenoxy) is 2. The second-order valence-electron chi connectivity index (χ2n) is 7.92. The SMILES string of the molecule is COc1ccc(CN2CCC3(CC2)C[C@@H](OC)c2cc(C)ccc23)cc1. The van der Waals surface area contributed by atoms with Gasteiger partial charge < -0.3 is 9.47 Å². The molecule has 1 aliphatic carbocycles. The Morgan fingerprint density at radius 2 is 1.77 bits per heavy atom. The first-order valence-electron chi connectivity index (χ1n) is 9.63. The van der Waals surface area contributed by atoms with E-state index in [-0.39, 0.29) is 6.10 Å². The smallest absolute Gasteiger partial charge is 0.118 e. The largest absolute Gasteiger partial charge is 0.497 e. The third-order valence-corrected chi connectivity index (χ3v) is 6.36. The van der Waals surface area contributed by atoms with E-state index in [2.05, 4.69) is 54.3 Å². The number of fused-ring (bicyclic) bond motifs is 2. The molecule has 1 spiro atoms. The topological polar surface area (TPSA) is 21.7 Å². The van der Waals surface area contributed by atoms with Gasteiger partial charge in [-0.3, -0.25) is 4.90 Å². The molecule has 1 saturated heterocycles. The molecular formula is C23H29NO2.